The standard InChI is InChI=1S/C21H22N4O.C2H6/c1-14-8-17-12-25(13-19(17)23-10-14)21(26)20-9-16(11-24(20)3)15-4-6-18(22-2)7-5-15;1-2/h4-11,22H,12-13H2,1-3H3;1-2H3. The molecule has 0 spiro atoms. The number of amides is 1. The van der Waals surface area contributed by atoms with Gasteiger partial charge in [0, 0.05) is 44.3 Å². The van der Waals surface area contributed by atoms with Gasteiger partial charge >= 0.3 is 0 Å². The van der Waals surface area contributed by atoms with E-state index in [1.807, 2.05) is 74.9 Å². The molecule has 0 fully saturated rings. The number of aryl methyl sites for hydroxylation is 2. The number of fused-ring (bicyclic) bond motifs is 1. The van der Waals surface area contributed by atoms with Crippen LogP contribution in [-0.4, -0.2) is 27.4 Å². The van der Waals surface area contributed by atoms with E-state index in [2.05, 4.69) is 28.5 Å². The Labute approximate surface area is 167 Å². The summed E-state index contributed by atoms with van der Waals surface area (Å²) in [6, 6.07) is 12.3. The van der Waals surface area contributed by atoms with Crippen LogP contribution in [0.2, 0.25) is 0 Å². The lowest BCUT2D eigenvalue weighted by Gasteiger charge is -2.15. The van der Waals surface area contributed by atoms with Gasteiger partial charge in [0.1, 0.15) is 5.69 Å². The zero-order valence-corrected chi connectivity index (χ0v) is 17.3. The number of hydrogen-bond acceptors (Lipinski definition) is 3. The highest BCUT2D eigenvalue weighted by molar-refractivity contribution is 5.94. The number of rotatable bonds is 3. The van der Waals surface area contributed by atoms with Crippen molar-refractivity contribution in [3.8, 4) is 11.1 Å². The van der Waals surface area contributed by atoms with Crippen molar-refractivity contribution in [2.45, 2.75) is 33.9 Å². The van der Waals surface area contributed by atoms with Crippen LogP contribution in [-0.2, 0) is 20.1 Å². The van der Waals surface area contributed by atoms with E-state index >= 15 is 0 Å². The molecule has 0 unspecified atom stereocenters. The number of anilines is 1. The van der Waals surface area contributed by atoms with Gasteiger partial charge in [-0.15, -0.1) is 0 Å². The molecule has 0 bridgehead atoms. The lowest BCUT2D eigenvalue weighted by molar-refractivity contribution is 0.0741. The number of hydrogen-bond donors (Lipinski definition) is 1. The number of benzene rings is 1. The van der Waals surface area contributed by atoms with Gasteiger partial charge in [-0.1, -0.05) is 32.0 Å². The Bertz CT molecular complexity index is 973. The molecule has 146 valence electrons. The average molecular weight is 377 g/mol. The Morgan fingerprint density at radius 1 is 1.07 bits per heavy atom. The van der Waals surface area contributed by atoms with E-state index in [-0.39, 0.29) is 5.91 Å². The molecule has 2 aromatic heterocycles. The van der Waals surface area contributed by atoms with Crippen LogP contribution in [0.1, 0.15) is 41.2 Å². The summed E-state index contributed by atoms with van der Waals surface area (Å²) in [6.07, 6.45) is 3.87. The van der Waals surface area contributed by atoms with Gasteiger partial charge in [-0.05, 0) is 41.8 Å². The zero-order valence-electron chi connectivity index (χ0n) is 17.3. The fraction of sp³-hybridized carbons (Fsp3) is 0.304. The SMILES string of the molecule is CC.CNc1ccc(-c2cc(C(=O)N3Cc4cc(C)cnc4C3)n(C)c2)cc1. The van der Waals surface area contributed by atoms with Crippen LogP contribution in [0.15, 0.2) is 48.8 Å². The molecule has 0 aliphatic carbocycles. The molecule has 1 amide bonds. The van der Waals surface area contributed by atoms with Crippen molar-refractivity contribution in [3.05, 3.63) is 71.3 Å². The van der Waals surface area contributed by atoms with Gasteiger partial charge in [0.2, 0.25) is 0 Å². The van der Waals surface area contributed by atoms with Gasteiger partial charge in [0.15, 0.2) is 0 Å². The molecule has 1 aliphatic heterocycles. The number of pyridine rings is 1. The summed E-state index contributed by atoms with van der Waals surface area (Å²) >= 11 is 0. The maximum atomic E-state index is 13.0. The Morgan fingerprint density at radius 3 is 2.46 bits per heavy atom. The van der Waals surface area contributed by atoms with E-state index < -0.39 is 0 Å². The van der Waals surface area contributed by atoms with Crippen LogP contribution < -0.4 is 5.32 Å². The van der Waals surface area contributed by atoms with E-state index in [1.54, 1.807) is 0 Å². The van der Waals surface area contributed by atoms with Gasteiger partial charge in [-0.3, -0.25) is 9.78 Å². The topological polar surface area (TPSA) is 50.2 Å². The number of carbonyl (C=O) groups is 1. The first kappa shape index (κ1) is 19.7. The summed E-state index contributed by atoms with van der Waals surface area (Å²) in [5, 5.41) is 3.12. The molecule has 0 radical (unpaired) electrons. The van der Waals surface area contributed by atoms with E-state index in [9.17, 15) is 4.79 Å². The second-order valence-electron chi connectivity index (χ2n) is 6.83. The Balaban J connectivity index is 0.00000109. The number of nitrogens with one attached hydrogen (secondary N) is 1. The zero-order chi connectivity index (χ0) is 20.3. The van der Waals surface area contributed by atoms with Crippen molar-refractivity contribution in [2.75, 3.05) is 12.4 Å². The maximum Gasteiger partial charge on any atom is 0.271 e. The molecule has 5 heteroatoms. The largest absolute Gasteiger partial charge is 0.388 e. The minimum atomic E-state index is 0.0428. The second kappa shape index (κ2) is 8.30. The fourth-order valence-corrected chi connectivity index (χ4v) is 3.45. The number of carbonyl (C=O) groups excluding carboxylic acids is 1. The van der Waals surface area contributed by atoms with Crippen LogP contribution in [0.3, 0.4) is 0 Å². The second-order valence-corrected chi connectivity index (χ2v) is 6.83. The predicted molar refractivity (Wildman–Crippen MR) is 114 cm³/mol. The fourth-order valence-electron chi connectivity index (χ4n) is 3.45. The molecule has 0 atom stereocenters. The van der Waals surface area contributed by atoms with Crippen molar-refractivity contribution in [1.29, 1.82) is 0 Å². The first-order valence-corrected chi connectivity index (χ1v) is 9.73. The minimum Gasteiger partial charge on any atom is -0.388 e. The van der Waals surface area contributed by atoms with Gasteiger partial charge in [0.25, 0.3) is 5.91 Å². The Morgan fingerprint density at radius 2 is 1.79 bits per heavy atom. The van der Waals surface area contributed by atoms with Crippen LogP contribution in [0.25, 0.3) is 11.1 Å². The average Bonchev–Trinajstić information content (AvgIpc) is 3.32. The van der Waals surface area contributed by atoms with Gasteiger partial charge in [-0.25, -0.2) is 0 Å². The quantitative estimate of drug-likeness (QED) is 0.726. The van der Waals surface area contributed by atoms with E-state index in [1.165, 1.54) is 0 Å². The summed E-state index contributed by atoms with van der Waals surface area (Å²) in [4.78, 5) is 19.4. The summed E-state index contributed by atoms with van der Waals surface area (Å²) in [7, 11) is 3.82. The molecule has 4 rings (SSSR count). The highest BCUT2D eigenvalue weighted by Gasteiger charge is 2.27. The smallest absolute Gasteiger partial charge is 0.271 e. The number of nitrogens with zero attached hydrogens (tertiary/aromatic N) is 3. The van der Waals surface area contributed by atoms with Gasteiger partial charge in [0.05, 0.1) is 12.2 Å². The van der Waals surface area contributed by atoms with Crippen molar-refractivity contribution in [2.24, 2.45) is 7.05 Å². The van der Waals surface area contributed by atoms with E-state index in [0.29, 0.717) is 18.8 Å². The summed E-state index contributed by atoms with van der Waals surface area (Å²) in [5.74, 6) is 0.0428. The Hall–Kier alpha value is -3.08. The third kappa shape index (κ3) is 3.79. The molecule has 0 saturated carbocycles. The summed E-state index contributed by atoms with van der Waals surface area (Å²) < 4.78 is 1.91. The molecular weight excluding hydrogens is 348 g/mol. The van der Waals surface area contributed by atoms with Crippen molar-refractivity contribution in [3.63, 3.8) is 0 Å². The lowest BCUT2D eigenvalue weighted by Crippen LogP contribution is -2.27. The van der Waals surface area contributed by atoms with Gasteiger partial charge < -0.3 is 14.8 Å². The molecule has 1 N–H and O–H groups in total. The molecule has 1 aliphatic rings. The molecule has 3 aromatic rings. The van der Waals surface area contributed by atoms with Crippen molar-refractivity contribution in [1.82, 2.24) is 14.5 Å². The first-order valence-electron chi connectivity index (χ1n) is 9.73. The summed E-state index contributed by atoms with van der Waals surface area (Å²) in [5.41, 5.74) is 7.19. The monoisotopic (exact) mass is 376 g/mol. The third-order valence-electron chi connectivity index (χ3n) is 4.92. The highest BCUT2D eigenvalue weighted by atomic mass is 16.2. The molecule has 5 nitrogen and oxygen atoms in total. The molecule has 0 saturated heterocycles. The van der Waals surface area contributed by atoms with Crippen LogP contribution in [0, 0.1) is 6.92 Å². The van der Waals surface area contributed by atoms with Crippen molar-refractivity contribution < 1.29 is 4.79 Å². The Kier molecular flexibility index (Phi) is 5.83. The molecular formula is C23H28N4O. The van der Waals surface area contributed by atoms with Crippen molar-refractivity contribution >= 4 is 11.6 Å². The molecule has 1 aromatic carbocycles. The third-order valence-corrected chi connectivity index (χ3v) is 4.92. The van der Waals surface area contributed by atoms with Crippen LogP contribution in [0.4, 0.5) is 5.69 Å². The molecule has 3 heterocycles. The van der Waals surface area contributed by atoms with E-state index in [0.717, 1.165) is 33.6 Å². The van der Waals surface area contributed by atoms with E-state index in [4.69, 9.17) is 0 Å². The predicted octanol–water partition coefficient (Wildman–Crippen LogP) is 4.62. The summed E-state index contributed by atoms with van der Waals surface area (Å²) in [6.45, 7) is 7.23. The molecule has 28 heavy (non-hydrogen) atoms. The van der Waals surface area contributed by atoms with Gasteiger partial charge in [-0.2, -0.15) is 0 Å². The highest BCUT2D eigenvalue weighted by Crippen LogP contribution is 2.27. The van der Waals surface area contributed by atoms with Crippen LogP contribution in [0.5, 0.6) is 0 Å². The van der Waals surface area contributed by atoms with Crippen LogP contribution >= 0.6 is 0 Å². The first-order chi connectivity index (χ1) is 13.5. The maximum absolute atomic E-state index is 13.0. The normalized spacial score (nSPS) is 12.2. The minimum absolute atomic E-state index is 0.0428. The lowest BCUT2D eigenvalue weighted by atomic mass is 10.1. The number of aromatic nitrogens is 2.